The number of piperazine rings is 1. The summed E-state index contributed by atoms with van der Waals surface area (Å²) < 4.78 is 13.0. The number of benzene rings is 1. The summed E-state index contributed by atoms with van der Waals surface area (Å²) in [5, 5.41) is 7.00. The maximum atomic E-state index is 13.0. The van der Waals surface area contributed by atoms with E-state index in [-0.39, 0.29) is 18.3 Å². The highest BCUT2D eigenvalue weighted by Crippen LogP contribution is 2.14. The molecule has 2 heterocycles. The molecule has 3 rings (SSSR count). The van der Waals surface area contributed by atoms with Crippen LogP contribution in [-0.2, 0) is 11.3 Å². The number of hydrogen-bond donors (Lipinski definition) is 3. The van der Waals surface area contributed by atoms with Gasteiger partial charge in [0.1, 0.15) is 5.82 Å². The molecule has 1 saturated heterocycles. The Morgan fingerprint density at radius 3 is 2.54 bits per heavy atom. The van der Waals surface area contributed by atoms with E-state index in [1.807, 2.05) is 17.5 Å². The SMILES string of the molecule is O=C(C[NH+]1CCN(c2ccc(F)cc2)CC1)NC(=O)NCc1cccs1. The lowest BCUT2D eigenvalue weighted by molar-refractivity contribution is -0.892. The van der Waals surface area contributed by atoms with Crippen molar-refractivity contribution in [1.82, 2.24) is 10.6 Å². The highest BCUT2D eigenvalue weighted by molar-refractivity contribution is 7.09. The van der Waals surface area contributed by atoms with Gasteiger partial charge in [0.15, 0.2) is 6.54 Å². The summed E-state index contributed by atoms with van der Waals surface area (Å²) >= 11 is 1.55. The first-order valence-electron chi connectivity index (χ1n) is 8.54. The van der Waals surface area contributed by atoms with E-state index in [0.29, 0.717) is 6.54 Å². The van der Waals surface area contributed by atoms with Crippen LogP contribution >= 0.6 is 11.3 Å². The summed E-state index contributed by atoms with van der Waals surface area (Å²) in [6.45, 7) is 3.85. The van der Waals surface area contributed by atoms with Crippen LogP contribution in [-0.4, -0.2) is 44.7 Å². The van der Waals surface area contributed by atoms with E-state index in [2.05, 4.69) is 15.5 Å². The number of amides is 3. The monoisotopic (exact) mass is 377 g/mol. The van der Waals surface area contributed by atoms with Gasteiger partial charge in [-0.25, -0.2) is 9.18 Å². The molecule has 2 aromatic rings. The van der Waals surface area contributed by atoms with Crippen LogP contribution in [0.3, 0.4) is 0 Å². The minimum Gasteiger partial charge on any atom is -0.360 e. The van der Waals surface area contributed by atoms with Crippen molar-refractivity contribution < 1.29 is 18.9 Å². The number of anilines is 1. The van der Waals surface area contributed by atoms with E-state index in [1.54, 1.807) is 23.5 Å². The quantitative estimate of drug-likeness (QED) is 0.716. The predicted octanol–water partition coefficient (Wildman–Crippen LogP) is 0.618. The minimum atomic E-state index is -0.465. The Kier molecular flexibility index (Phi) is 6.19. The maximum absolute atomic E-state index is 13.0. The smallest absolute Gasteiger partial charge is 0.321 e. The zero-order chi connectivity index (χ0) is 18.4. The normalized spacial score (nSPS) is 14.9. The average Bonchev–Trinajstić information content (AvgIpc) is 3.15. The van der Waals surface area contributed by atoms with Crippen LogP contribution in [0.5, 0.6) is 0 Å². The molecule has 0 atom stereocenters. The second-order valence-corrected chi connectivity index (χ2v) is 7.23. The fourth-order valence-electron chi connectivity index (χ4n) is 2.93. The Labute approximate surface area is 155 Å². The lowest BCUT2D eigenvalue weighted by atomic mass is 10.2. The van der Waals surface area contributed by atoms with E-state index in [0.717, 1.165) is 41.6 Å². The van der Waals surface area contributed by atoms with Gasteiger partial charge >= 0.3 is 6.03 Å². The third kappa shape index (κ3) is 5.27. The van der Waals surface area contributed by atoms with Crippen LogP contribution < -0.4 is 20.4 Å². The van der Waals surface area contributed by atoms with Crippen molar-refractivity contribution in [3.8, 4) is 0 Å². The van der Waals surface area contributed by atoms with Gasteiger partial charge in [-0.3, -0.25) is 10.1 Å². The van der Waals surface area contributed by atoms with E-state index < -0.39 is 6.03 Å². The van der Waals surface area contributed by atoms with E-state index in [4.69, 9.17) is 0 Å². The Balaban J connectivity index is 1.37. The Morgan fingerprint density at radius 2 is 1.88 bits per heavy atom. The van der Waals surface area contributed by atoms with E-state index >= 15 is 0 Å². The number of carbonyl (C=O) groups is 2. The van der Waals surface area contributed by atoms with E-state index in [1.165, 1.54) is 12.1 Å². The van der Waals surface area contributed by atoms with Crippen LogP contribution in [0.4, 0.5) is 14.9 Å². The summed E-state index contributed by atoms with van der Waals surface area (Å²) in [5.41, 5.74) is 0.989. The minimum absolute atomic E-state index is 0.243. The number of rotatable bonds is 5. The van der Waals surface area contributed by atoms with Gasteiger partial charge in [0.05, 0.1) is 32.7 Å². The lowest BCUT2D eigenvalue weighted by Gasteiger charge is -2.33. The lowest BCUT2D eigenvalue weighted by Crippen LogP contribution is -3.16. The standard InChI is InChI=1S/C18H21FN4O2S/c19-14-3-5-15(6-4-14)23-9-7-22(8-10-23)13-17(24)21-18(25)20-12-16-2-1-11-26-16/h1-6,11H,7-10,12-13H2,(H2,20,21,24,25)/p+1. The van der Waals surface area contributed by atoms with Crippen molar-refractivity contribution in [2.24, 2.45) is 0 Å². The number of nitrogens with one attached hydrogen (secondary N) is 3. The molecule has 0 spiro atoms. The van der Waals surface area contributed by atoms with Crippen molar-refractivity contribution in [3.05, 3.63) is 52.5 Å². The molecule has 1 aliphatic rings. The van der Waals surface area contributed by atoms with Gasteiger partial charge in [-0.2, -0.15) is 0 Å². The number of urea groups is 1. The second kappa shape index (κ2) is 8.77. The van der Waals surface area contributed by atoms with Gasteiger partial charge in [0.2, 0.25) is 0 Å². The molecule has 0 bridgehead atoms. The molecule has 138 valence electrons. The molecule has 3 N–H and O–H groups in total. The average molecular weight is 377 g/mol. The van der Waals surface area contributed by atoms with Crippen molar-refractivity contribution >= 4 is 29.0 Å². The van der Waals surface area contributed by atoms with Gasteiger partial charge in [0.25, 0.3) is 5.91 Å². The number of carbonyl (C=O) groups excluding carboxylic acids is 2. The first kappa shape index (κ1) is 18.3. The Morgan fingerprint density at radius 1 is 1.15 bits per heavy atom. The molecular formula is C18H22FN4O2S+. The largest absolute Gasteiger partial charge is 0.360 e. The van der Waals surface area contributed by atoms with Crippen molar-refractivity contribution in [3.63, 3.8) is 0 Å². The van der Waals surface area contributed by atoms with Crippen LogP contribution in [0.25, 0.3) is 0 Å². The molecule has 1 aromatic carbocycles. The Hall–Kier alpha value is -2.45. The molecule has 0 saturated carbocycles. The summed E-state index contributed by atoms with van der Waals surface area (Å²) in [7, 11) is 0. The van der Waals surface area contributed by atoms with Gasteiger partial charge < -0.3 is 15.1 Å². The van der Waals surface area contributed by atoms with Crippen LogP contribution in [0, 0.1) is 5.82 Å². The number of quaternary nitrogens is 1. The maximum Gasteiger partial charge on any atom is 0.321 e. The van der Waals surface area contributed by atoms with Crippen LogP contribution in [0.2, 0.25) is 0 Å². The molecule has 0 radical (unpaired) electrons. The zero-order valence-electron chi connectivity index (χ0n) is 14.3. The molecule has 1 fully saturated rings. The zero-order valence-corrected chi connectivity index (χ0v) is 15.2. The molecule has 1 aromatic heterocycles. The fraction of sp³-hybridized carbons (Fsp3) is 0.333. The number of thiophene rings is 1. The van der Waals surface area contributed by atoms with Gasteiger partial charge in [-0.05, 0) is 35.7 Å². The third-order valence-corrected chi connectivity index (χ3v) is 5.21. The van der Waals surface area contributed by atoms with Crippen LogP contribution in [0.1, 0.15) is 4.88 Å². The topological polar surface area (TPSA) is 65.9 Å². The molecular weight excluding hydrogens is 355 g/mol. The molecule has 1 aliphatic heterocycles. The summed E-state index contributed by atoms with van der Waals surface area (Å²) in [4.78, 5) is 28.1. The summed E-state index contributed by atoms with van der Waals surface area (Å²) in [5.74, 6) is -0.522. The van der Waals surface area contributed by atoms with Gasteiger partial charge in [-0.1, -0.05) is 6.07 Å². The first-order chi connectivity index (χ1) is 12.6. The van der Waals surface area contributed by atoms with Crippen molar-refractivity contribution in [2.45, 2.75) is 6.54 Å². The molecule has 6 nitrogen and oxygen atoms in total. The third-order valence-electron chi connectivity index (χ3n) is 4.33. The van der Waals surface area contributed by atoms with Crippen LogP contribution in [0.15, 0.2) is 41.8 Å². The van der Waals surface area contributed by atoms with Gasteiger partial charge in [-0.15, -0.1) is 11.3 Å². The summed E-state index contributed by atoms with van der Waals surface area (Å²) in [6, 6.07) is 9.83. The van der Waals surface area contributed by atoms with Crippen molar-refractivity contribution in [2.75, 3.05) is 37.6 Å². The number of nitrogens with zero attached hydrogens (tertiary/aromatic N) is 1. The van der Waals surface area contributed by atoms with Crippen molar-refractivity contribution in [1.29, 1.82) is 0 Å². The number of hydrogen-bond acceptors (Lipinski definition) is 4. The van der Waals surface area contributed by atoms with E-state index in [9.17, 15) is 14.0 Å². The fourth-order valence-corrected chi connectivity index (χ4v) is 3.58. The highest BCUT2D eigenvalue weighted by atomic mass is 32.1. The molecule has 3 amide bonds. The second-order valence-electron chi connectivity index (χ2n) is 6.20. The molecule has 8 heteroatoms. The first-order valence-corrected chi connectivity index (χ1v) is 9.42. The highest BCUT2D eigenvalue weighted by Gasteiger charge is 2.23. The predicted molar refractivity (Wildman–Crippen MR) is 98.9 cm³/mol. The van der Waals surface area contributed by atoms with Gasteiger partial charge in [0, 0.05) is 10.6 Å². The molecule has 0 aliphatic carbocycles. The molecule has 26 heavy (non-hydrogen) atoms. The number of imide groups is 1. The Bertz CT molecular complexity index is 728. The summed E-state index contributed by atoms with van der Waals surface area (Å²) in [6.07, 6.45) is 0. The number of halogens is 1. The molecule has 0 unspecified atom stereocenters.